The van der Waals surface area contributed by atoms with Gasteiger partial charge >= 0.3 is 0 Å². The van der Waals surface area contributed by atoms with Crippen molar-refractivity contribution in [1.82, 2.24) is 5.32 Å². The number of anilines is 1. The molecule has 0 aliphatic rings. The van der Waals surface area contributed by atoms with Gasteiger partial charge in [-0.15, -0.1) is 11.8 Å². The Morgan fingerprint density at radius 3 is 2.29 bits per heavy atom. The topological polar surface area (TPSA) is 66.5 Å². The van der Waals surface area contributed by atoms with E-state index < -0.39 is 16.1 Å². The number of thioether (sulfide) groups is 1. The van der Waals surface area contributed by atoms with Gasteiger partial charge in [0.15, 0.2) is 0 Å². The van der Waals surface area contributed by atoms with E-state index in [4.69, 9.17) is 11.6 Å². The molecule has 5 nitrogen and oxygen atoms in total. The van der Waals surface area contributed by atoms with Crippen LogP contribution in [0.3, 0.4) is 0 Å². The van der Waals surface area contributed by atoms with E-state index in [1.54, 1.807) is 43.0 Å². The summed E-state index contributed by atoms with van der Waals surface area (Å²) in [6, 6.07) is 13.8. The monoisotopic (exact) mass is 440 g/mol. The van der Waals surface area contributed by atoms with Crippen molar-refractivity contribution in [2.24, 2.45) is 0 Å². The fourth-order valence-corrected chi connectivity index (χ4v) is 4.85. The van der Waals surface area contributed by atoms with Crippen LogP contribution < -0.4 is 9.62 Å². The number of sulfonamides is 1. The molecule has 0 saturated heterocycles. The lowest BCUT2D eigenvalue weighted by molar-refractivity contribution is -0.122. The molecule has 2 aromatic rings. The fourth-order valence-electron chi connectivity index (χ4n) is 2.74. The fraction of sp³-hybridized carbons (Fsp3) is 0.350. The van der Waals surface area contributed by atoms with E-state index in [-0.39, 0.29) is 5.91 Å². The molecule has 1 amide bonds. The molecule has 0 fully saturated rings. The average molecular weight is 441 g/mol. The lowest BCUT2D eigenvalue weighted by Gasteiger charge is -2.30. The number of rotatable bonds is 9. The van der Waals surface area contributed by atoms with Gasteiger partial charge in [-0.05, 0) is 49.7 Å². The Morgan fingerprint density at radius 1 is 1.14 bits per heavy atom. The molecule has 0 heterocycles. The summed E-state index contributed by atoms with van der Waals surface area (Å²) in [6.45, 7) is 4.28. The van der Waals surface area contributed by atoms with Gasteiger partial charge in [-0.3, -0.25) is 9.10 Å². The highest BCUT2D eigenvalue weighted by Crippen LogP contribution is 2.24. The van der Waals surface area contributed by atoms with Gasteiger partial charge in [0.05, 0.1) is 11.9 Å². The molecule has 0 spiro atoms. The Bertz CT molecular complexity index is 885. The van der Waals surface area contributed by atoms with Crippen LogP contribution in [0.1, 0.15) is 18.9 Å². The Labute approximate surface area is 176 Å². The summed E-state index contributed by atoms with van der Waals surface area (Å²) in [5.41, 5.74) is 1.62. The SMILES string of the molecule is CC[C@@H](C(=O)NCCSc1ccc(C)cc1)N(c1ccc(Cl)cc1)S(C)(=O)=O. The maximum Gasteiger partial charge on any atom is 0.243 e. The molecule has 1 N–H and O–H groups in total. The number of aryl methyl sites for hydroxylation is 1. The number of benzene rings is 2. The van der Waals surface area contributed by atoms with Gasteiger partial charge in [-0.2, -0.15) is 0 Å². The molecular formula is C20H25ClN2O3S2. The Balaban J connectivity index is 2.02. The molecule has 0 aromatic heterocycles. The predicted octanol–water partition coefficient (Wildman–Crippen LogP) is 4.10. The van der Waals surface area contributed by atoms with Crippen LogP contribution in [-0.4, -0.2) is 38.9 Å². The van der Waals surface area contributed by atoms with Crippen LogP contribution in [0.4, 0.5) is 5.69 Å². The van der Waals surface area contributed by atoms with Crippen molar-refractivity contribution in [3.63, 3.8) is 0 Å². The summed E-state index contributed by atoms with van der Waals surface area (Å²) in [7, 11) is -3.64. The minimum Gasteiger partial charge on any atom is -0.353 e. The number of hydrogen-bond donors (Lipinski definition) is 1. The molecule has 0 radical (unpaired) electrons. The van der Waals surface area contributed by atoms with Gasteiger partial charge in [0.1, 0.15) is 6.04 Å². The lowest BCUT2D eigenvalue weighted by Crippen LogP contribution is -2.49. The molecule has 0 saturated carbocycles. The number of nitrogens with zero attached hydrogens (tertiary/aromatic N) is 1. The Morgan fingerprint density at radius 2 is 1.75 bits per heavy atom. The highest BCUT2D eigenvalue weighted by molar-refractivity contribution is 7.99. The van der Waals surface area contributed by atoms with Crippen molar-refractivity contribution in [1.29, 1.82) is 0 Å². The van der Waals surface area contributed by atoms with Gasteiger partial charge in [-0.1, -0.05) is 36.2 Å². The van der Waals surface area contributed by atoms with E-state index in [9.17, 15) is 13.2 Å². The normalized spacial score (nSPS) is 12.4. The van der Waals surface area contributed by atoms with Crippen molar-refractivity contribution in [2.75, 3.05) is 22.9 Å². The number of halogens is 1. The predicted molar refractivity (Wildman–Crippen MR) is 118 cm³/mol. The third-order valence-corrected chi connectivity index (χ3v) is 6.55. The van der Waals surface area contributed by atoms with E-state index in [2.05, 4.69) is 5.32 Å². The zero-order valence-electron chi connectivity index (χ0n) is 16.2. The molecule has 8 heteroatoms. The zero-order chi connectivity index (χ0) is 20.7. The third-order valence-electron chi connectivity index (χ3n) is 4.10. The molecule has 28 heavy (non-hydrogen) atoms. The average Bonchev–Trinajstić information content (AvgIpc) is 2.64. The molecule has 0 aliphatic carbocycles. The standard InChI is InChI=1S/C20H25ClN2O3S2/c1-4-19(23(28(3,25)26)17-9-7-16(21)8-10-17)20(24)22-13-14-27-18-11-5-15(2)6-12-18/h5-12,19H,4,13-14H2,1-3H3,(H,22,24)/t19-/m0/s1. The van der Waals surface area contributed by atoms with Crippen LogP contribution in [0.25, 0.3) is 0 Å². The van der Waals surface area contributed by atoms with Crippen LogP contribution in [0.15, 0.2) is 53.4 Å². The van der Waals surface area contributed by atoms with E-state index in [0.29, 0.717) is 29.4 Å². The lowest BCUT2D eigenvalue weighted by atomic mass is 10.2. The minimum atomic E-state index is -3.64. The molecule has 2 rings (SSSR count). The van der Waals surface area contributed by atoms with Gasteiger partial charge < -0.3 is 5.32 Å². The molecular weight excluding hydrogens is 416 g/mol. The van der Waals surface area contributed by atoms with Crippen molar-refractivity contribution in [3.05, 3.63) is 59.1 Å². The van der Waals surface area contributed by atoms with E-state index in [1.807, 2.05) is 31.2 Å². The molecule has 0 unspecified atom stereocenters. The molecule has 152 valence electrons. The van der Waals surface area contributed by atoms with Gasteiger partial charge in [-0.25, -0.2) is 8.42 Å². The van der Waals surface area contributed by atoms with E-state index >= 15 is 0 Å². The van der Waals surface area contributed by atoms with Gasteiger partial charge in [0.2, 0.25) is 15.9 Å². The van der Waals surface area contributed by atoms with Crippen LogP contribution >= 0.6 is 23.4 Å². The Kier molecular flexibility index (Phi) is 8.22. The van der Waals surface area contributed by atoms with Crippen LogP contribution in [-0.2, 0) is 14.8 Å². The second kappa shape index (κ2) is 10.2. The first-order valence-electron chi connectivity index (χ1n) is 8.94. The maximum absolute atomic E-state index is 12.7. The second-order valence-electron chi connectivity index (χ2n) is 6.41. The first kappa shape index (κ1) is 22.6. The largest absolute Gasteiger partial charge is 0.353 e. The van der Waals surface area contributed by atoms with E-state index in [1.165, 1.54) is 5.56 Å². The highest BCUT2D eigenvalue weighted by Gasteiger charge is 2.31. The minimum absolute atomic E-state index is 0.313. The summed E-state index contributed by atoms with van der Waals surface area (Å²) in [5.74, 6) is 0.387. The highest BCUT2D eigenvalue weighted by atomic mass is 35.5. The van der Waals surface area contributed by atoms with E-state index in [0.717, 1.165) is 15.5 Å². The first-order valence-corrected chi connectivity index (χ1v) is 12.2. The molecule has 0 bridgehead atoms. The number of nitrogens with one attached hydrogen (secondary N) is 1. The summed E-state index contributed by atoms with van der Waals surface area (Å²) in [5, 5.41) is 3.36. The quantitative estimate of drug-likeness (QED) is 0.471. The number of carbonyl (C=O) groups is 1. The third kappa shape index (κ3) is 6.43. The molecule has 2 aromatic carbocycles. The summed E-state index contributed by atoms with van der Waals surface area (Å²) >= 11 is 7.54. The number of carbonyl (C=O) groups excluding carboxylic acids is 1. The number of hydrogen-bond acceptors (Lipinski definition) is 4. The van der Waals surface area contributed by atoms with Gasteiger partial charge in [0, 0.05) is 22.2 Å². The van der Waals surface area contributed by atoms with Crippen molar-refractivity contribution in [3.8, 4) is 0 Å². The van der Waals surface area contributed by atoms with Crippen molar-refractivity contribution < 1.29 is 13.2 Å². The van der Waals surface area contributed by atoms with Crippen molar-refractivity contribution in [2.45, 2.75) is 31.2 Å². The van der Waals surface area contributed by atoms with Crippen LogP contribution in [0.2, 0.25) is 5.02 Å². The second-order valence-corrected chi connectivity index (χ2v) is 9.88. The summed E-state index contributed by atoms with van der Waals surface area (Å²) < 4.78 is 25.9. The zero-order valence-corrected chi connectivity index (χ0v) is 18.6. The smallest absolute Gasteiger partial charge is 0.243 e. The molecule has 0 aliphatic heterocycles. The van der Waals surface area contributed by atoms with Crippen LogP contribution in [0, 0.1) is 6.92 Å². The van der Waals surface area contributed by atoms with Crippen molar-refractivity contribution >= 4 is 45.0 Å². The maximum atomic E-state index is 12.7. The Hall–Kier alpha value is -1.70. The molecule has 1 atom stereocenters. The summed E-state index contributed by atoms with van der Waals surface area (Å²) in [4.78, 5) is 13.8. The first-order chi connectivity index (χ1) is 13.2. The number of amides is 1. The van der Waals surface area contributed by atoms with Crippen LogP contribution in [0.5, 0.6) is 0 Å². The van der Waals surface area contributed by atoms with Gasteiger partial charge in [0.25, 0.3) is 0 Å². The summed E-state index contributed by atoms with van der Waals surface area (Å²) in [6.07, 6.45) is 1.46.